The van der Waals surface area contributed by atoms with Gasteiger partial charge >= 0.3 is 6.18 Å². The van der Waals surface area contributed by atoms with Crippen molar-refractivity contribution in [3.63, 3.8) is 0 Å². The molecular formula is C16H17ClF3N5O. The number of rotatable bonds is 6. The van der Waals surface area contributed by atoms with Gasteiger partial charge in [0, 0.05) is 19.4 Å². The Morgan fingerprint density at radius 1 is 1.27 bits per heavy atom. The lowest BCUT2D eigenvalue weighted by molar-refractivity contribution is -0.137. The lowest BCUT2D eigenvalue weighted by Gasteiger charge is -2.13. The second kappa shape index (κ2) is 9.23. The summed E-state index contributed by atoms with van der Waals surface area (Å²) in [6.45, 7) is 0.983. The minimum Gasteiger partial charge on any atom is -0.475 e. The zero-order valence-corrected chi connectivity index (χ0v) is 14.6. The molecule has 26 heavy (non-hydrogen) atoms. The molecule has 2 aromatic heterocycles. The molecule has 10 heteroatoms. The summed E-state index contributed by atoms with van der Waals surface area (Å²) < 4.78 is 43.0. The molecule has 0 saturated carbocycles. The number of halogens is 4. The minimum absolute atomic E-state index is 0.0575. The number of nitrogens with zero attached hydrogens (tertiary/aromatic N) is 3. The molecule has 0 aliphatic heterocycles. The third kappa shape index (κ3) is 6.07. The molecule has 6 nitrogen and oxygen atoms in total. The first-order chi connectivity index (χ1) is 12.4. The summed E-state index contributed by atoms with van der Waals surface area (Å²) in [5, 5.41) is 5.88. The predicted molar refractivity (Wildman–Crippen MR) is 92.2 cm³/mol. The number of alkyl halides is 3. The maximum absolute atomic E-state index is 12.6. The van der Waals surface area contributed by atoms with E-state index in [9.17, 15) is 13.2 Å². The monoisotopic (exact) mass is 387 g/mol. The van der Waals surface area contributed by atoms with Crippen LogP contribution >= 0.6 is 11.6 Å². The molecule has 0 aromatic carbocycles. The van der Waals surface area contributed by atoms with Gasteiger partial charge in [-0.3, -0.25) is 9.98 Å². The van der Waals surface area contributed by atoms with Crippen molar-refractivity contribution < 1.29 is 17.9 Å². The van der Waals surface area contributed by atoms with Crippen LogP contribution in [-0.2, 0) is 12.7 Å². The Bertz CT molecular complexity index is 740. The van der Waals surface area contributed by atoms with Crippen LogP contribution < -0.4 is 15.4 Å². The lowest BCUT2D eigenvalue weighted by atomic mass is 10.3. The van der Waals surface area contributed by atoms with Crippen LogP contribution in [0.2, 0.25) is 5.02 Å². The van der Waals surface area contributed by atoms with Crippen molar-refractivity contribution in [2.45, 2.75) is 12.7 Å². The summed E-state index contributed by atoms with van der Waals surface area (Å²) in [7, 11) is 1.61. The summed E-state index contributed by atoms with van der Waals surface area (Å²) in [4.78, 5) is 11.8. The molecule has 2 aromatic rings. The largest absolute Gasteiger partial charge is 0.475 e. The Labute approximate surface area is 153 Å². The molecule has 0 aliphatic rings. The average molecular weight is 388 g/mol. The van der Waals surface area contributed by atoms with E-state index in [1.165, 1.54) is 0 Å². The van der Waals surface area contributed by atoms with Gasteiger partial charge < -0.3 is 15.4 Å². The van der Waals surface area contributed by atoms with Crippen LogP contribution in [-0.4, -0.2) is 36.1 Å². The van der Waals surface area contributed by atoms with Gasteiger partial charge in [-0.25, -0.2) is 4.98 Å². The molecule has 0 aliphatic carbocycles. The number of hydrogen-bond donors (Lipinski definition) is 2. The summed E-state index contributed by atoms with van der Waals surface area (Å²) in [6, 6.07) is 6.37. The number of nitrogens with one attached hydrogen (secondary N) is 2. The highest BCUT2D eigenvalue weighted by molar-refractivity contribution is 6.31. The van der Waals surface area contributed by atoms with Crippen molar-refractivity contribution in [1.82, 2.24) is 20.6 Å². The average Bonchev–Trinajstić information content (AvgIpc) is 2.62. The van der Waals surface area contributed by atoms with Gasteiger partial charge in [-0.05, 0) is 18.2 Å². The normalized spacial score (nSPS) is 12.0. The maximum atomic E-state index is 12.6. The Kier molecular flexibility index (Phi) is 7.02. The first-order valence-corrected chi connectivity index (χ1v) is 7.98. The zero-order chi connectivity index (χ0) is 19.0. The van der Waals surface area contributed by atoms with Gasteiger partial charge in [-0.1, -0.05) is 17.7 Å². The van der Waals surface area contributed by atoms with Gasteiger partial charge in [0.05, 0.1) is 24.3 Å². The second-order valence-electron chi connectivity index (χ2n) is 5.03. The van der Waals surface area contributed by atoms with Crippen LogP contribution in [0.5, 0.6) is 5.88 Å². The molecule has 140 valence electrons. The Morgan fingerprint density at radius 2 is 2.08 bits per heavy atom. The van der Waals surface area contributed by atoms with E-state index in [0.29, 0.717) is 25.2 Å². The van der Waals surface area contributed by atoms with Crippen LogP contribution in [0.4, 0.5) is 13.2 Å². The summed E-state index contributed by atoms with van der Waals surface area (Å²) in [5.41, 5.74) is -0.0699. The van der Waals surface area contributed by atoms with Crippen LogP contribution in [0.25, 0.3) is 0 Å². The molecule has 0 spiro atoms. The molecule has 0 bridgehead atoms. The van der Waals surface area contributed by atoms with Crippen molar-refractivity contribution in [3.8, 4) is 5.88 Å². The summed E-state index contributed by atoms with van der Waals surface area (Å²) >= 11 is 5.77. The second-order valence-corrected chi connectivity index (χ2v) is 5.44. The number of guanidine groups is 1. The van der Waals surface area contributed by atoms with Crippen molar-refractivity contribution >= 4 is 17.6 Å². The SMILES string of the molecule is CN=C(NCCOc1ncc(C(F)(F)F)cc1Cl)NCc1ccccn1. The lowest BCUT2D eigenvalue weighted by Crippen LogP contribution is -2.39. The van der Waals surface area contributed by atoms with E-state index < -0.39 is 11.7 Å². The maximum Gasteiger partial charge on any atom is 0.417 e. The zero-order valence-electron chi connectivity index (χ0n) is 13.8. The number of pyridine rings is 2. The van der Waals surface area contributed by atoms with Crippen molar-refractivity contribution in [2.24, 2.45) is 4.99 Å². The van der Waals surface area contributed by atoms with Gasteiger partial charge in [0.25, 0.3) is 0 Å². The Hall–Kier alpha value is -2.55. The fourth-order valence-electron chi connectivity index (χ4n) is 1.90. The molecule has 0 saturated heterocycles. The van der Waals surface area contributed by atoms with Crippen molar-refractivity contribution in [1.29, 1.82) is 0 Å². The third-order valence-corrected chi connectivity index (χ3v) is 3.43. The fraction of sp³-hybridized carbons (Fsp3) is 0.312. The molecule has 0 unspecified atom stereocenters. The van der Waals surface area contributed by atoms with E-state index in [0.717, 1.165) is 11.8 Å². The molecule has 0 atom stereocenters. The molecule has 2 rings (SSSR count). The smallest absolute Gasteiger partial charge is 0.417 e. The first-order valence-electron chi connectivity index (χ1n) is 7.60. The Balaban J connectivity index is 1.77. The quantitative estimate of drug-likeness (QED) is 0.453. The van der Waals surface area contributed by atoms with Gasteiger partial charge in [0.2, 0.25) is 5.88 Å². The topological polar surface area (TPSA) is 71.4 Å². The molecule has 2 heterocycles. The van der Waals surface area contributed by atoms with Crippen molar-refractivity contribution in [3.05, 3.63) is 52.9 Å². The summed E-state index contributed by atoms with van der Waals surface area (Å²) in [5.74, 6) is 0.476. The standard InChI is InChI=1S/C16H17ClF3N5O/c1-21-15(25-10-12-4-2-3-5-22-12)23-6-7-26-14-13(17)8-11(9-24-14)16(18,19)20/h2-5,8-9H,6-7,10H2,1H3,(H2,21,23,25). The first kappa shape index (κ1) is 19.8. The fourth-order valence-corrected chi connectivity index (χ4v) is 2.12. The van der Waals surface area contributed by atoms with Gasteiger partial charge in [-0.15, -0.1) is 0 Å². The molecule has 2 N–H and O–H groups in total. The summed E-state index contributed by atoms with van der Waals surface area (Å²) in [6.07, 6.45) is -2.12. The highest BCUT2D eigenvalue weighted by Crippen LogP contribution is 2.32. The van der Waals surface area contributed by atoms with Crippen LogP contribution in [0, 0.1) is 0 Å². The van der Waals surface area contributed by atoms with E-state index in [2.05, 4.69) is 25.6 Å². The number of hydrogen-bond acceptors (Lipinski definition) is 4. The van der Waals surface area contributed by atoms with Gasteiger partial charge in [0.15, 0.2) is 5.96 Å². The molecule has 0 radical (unpaired) electrons. The van der Waals surface area contributed by atoms with E-state index in [1.54, 1.807) is 13.2 Å². The van der Waals surface area contributed by atoms with Gasteiger partial charge in [0.1, 0.15) is 11.6 Å². The van der Waals surface area contributed by atoms with Gasteiger partial charge in [-0.2, -0.15) is 13.2 Å². The minimum atomic E-state index is -4.50. The van der Waals surface area contributed by atoms with Crippen LogP contribution in [0.3, 0.4) is 0 Å². The molecular weight excluding hydrogens is 371 g/mol. The predicted octanol–water partition coefficient (Wildman–Crippen LogP) is 2.89. The van der Waals surface area contributed by atoms with E-state index >= 15 is 0 Å². The third-order valence-electron chi connectivity index (χ3n) is 3.15. The molecule has 0 amide bonds. The number of aromatic nitrogens is 2. The number of ether oxygens (including phenoxy) is 1. The Morgan fingerprint density at radius 3 is 2.69 bits per heavy atom. The van der Waals surface area contributed by atoms with Crippen LogP contribution in [0.15, 0.2) is 41.7 Å². The number of aliphatic imine (C=N–C) groups is 1. The molecule has 0 fully saturated rings. The van der Waals surface area contributed by atoms with Crippen molar-refractivity contribution in [2.75, 3.05) is 20.2 Å². The van der Waals surface area contributed by atoms with E-state index in [1.807, 2.05) is 18.2 Å². The highest BCUT2D eigenvalue weighted by atomic mass is 35.5. The van der Waals surface area contributed by atoms with E-state index in [4.69, 9.17) is 16.3 Å². The highest BCUT2D eigenvalue weighted by Gasteiger charge is 2.31. The van der Waals surface area contributed by atoms with Crippen LogP contribution in [0.1, 0.15) is 11.3 Å². The van der Waals surface area contributed by atoms with E-state index in [-0.39, 0.29) is 17.5 Å².